The van der Waals surface area contributed by atoms with E-state index in [0.29, 0.717) is 5.92 Å². The fourth-order valence-electron chi connectivity index (χ4n) is 2.86. The average molecular weight is 233 g/mol. The summed E-state index contributed by atoms with van der Waals surface area (Å²) in [6, 6.07) is 5.11. The molecule has 2 aromatic rings. The number of fused-ring (bicyclic) bond motifs is 1. The van der Waals surface area contributed by atoms with E-state index < -0.39 is 0 Å². The van der Waals surface area contributed by atoms with Crippen molar-refractivity contribution < 1.29 is 8.81 Å². The molecule has 1 aromatic heterocycles. The van der Waals surface area contributed by atoms with Crippen LogP contribution in [-0.2, 0) is 0 Å². The maximum Gasteiger partial charge on any atom is 0.134 e. The van der Waals surface area contributed by atoms with E-state index >= 15 is 0 Å². The molecule has 3 heteroatoms. The van der Waals surface area contributed by atoms with Gasteiger partial charge in [0.15, 0.2) is 0 Å². The lowest BCUT2D eigenvalue weighted by molar-refractivity contribution is 0.343. The second-order valence-electron chi connectivity index (χ2n) is 4.87. The molecule has 0 radical (unpaired) electrons. The predicted molar refractivity (Wildman–Crippen MR) is 65.6 cm³/mol. The molecule has 2 unspecified atom stereocenters. The first-order valence-electron chi connectivity index (χ1n) is 6.13. The number of benzene rings is 1. The van der Waals surface area contributed by atoms with Gasteiger partial charge in [-0.2, -0.15) is 0 Å². The van der Waals surface area contributed by atoms with E-state index in [0.717, 1.165) is 36.0 Å². The standard InChI is InChI=1S/C14H16FNO/c1-9-8-16-6-4-10(9)14-11-5-7-17-13(11)3-2-12(14)15/h2-3,5,7,9-10,16H,4,6,8H2,1H3. The number of rotatable bonds is 1. The molecule has 90 valence electrons. The van der Waals surface area contributed by atoms with Gasteiger partial charge in [-0.05, 0) is 49.5 Å². The Hall–Kier alpha value is -1.35. The van der Waals surface area contributed by atoms with Crippen LogP contribution in [0.15, 0.2) is 28.9 Å². The molecule has 0 aliphatic carbocycles. The van der Waals surface area contributed by atoms with Gasteiger partial charge in [-0.15, -0.1) is 0 Å². The number of hydrogen-bond donors (Lipinski definition) is 1. The van der Waals surface area contributed by atoms with Crippen molar-refractivity contribution in [3.63, 3.8) is 0 Å². The van der Waals surface area contributed by atoms with Crippen LogP contribution in [0.25, 0.3) is 11.0 Å². The van der Waals surface area contributed by atoms with Gasteiger partial charge in [0, 0.05) is 10.9 Å². The molecule has 2 atom stereocenters. The Morgan fingerprint density at radius 1 is 1.35 bits per heavy atom. The third kappa shape index (κ3) is 1.75. The number of hydrogen-bond acceptors (Lipinski definition) is 2. The second kappa shape index (κ2) is 4.15. The smallest absolute Gasteiger partial charge is 0.134 e. The molecule has 0 spiro atoms. The first-order valence-corrected chi connectivity index (χ1v) is 6.13. The topological polar surface area (TPSA) is 25.2 Å². The highest BCUT2D eigenvalue weighted by Gasteiger charge is 2.27. The molecule has 1 aliphatic heterocycles. The van der Waals surface area contributed by atoms with E-state index in [-0.39, 0.29) is 11.7 Å². The summed E-state index contributed by atoms with van der Waals surface area (Å²) >= 11 is 0. The van der Waals surface area contributed by atoms with Crippen molar-refractivity contribution in [1.29, 1.82) is 0 Å². The van der Waals surface area contributed by atoms with Gasteiger partial charge in [-0.1, -0.05) is 6.92 Å². The van der Waals surface area contributed by atoms with Crippen molar-refractivity contribution in [1.82, 2.24) is 5.32 Å². The van der Waals surface area contributed by atoms with Crippen molar-refractivity contribution >= 4 is 11.0 Å². The number of furan rings is 1. The van der Waals surface area contributed by atoms with Crippen LogP contribution in [0.5, 0.6) is 0 Å². The summed E-state index contributed by atoms with van der Waals surface area (Å²) in [4.78, 5) is 0. The highest BCUT2D eigenvalue weighted by Crippen LogP contribution is 2.36. The zero-order valence-electron chi connectivity index (χ0n) is 9.87. The zero-order chi connectivity index (χ0) is 11.8. The predicted octanol–water partition coefficient (Wildman–Crippen LogP) is 3.28. The molecule has 0 saturated carbocycles. The van der Waals surface area contributed by atoms with Gasteiger partial charge < -0.3 is 9.73 Å². The van der Waals surface area contributed by atoms with Crippen LogP contribution >= 0.6 is 0 Å². The molecule has 17 heavy (non-hydrogen) atoms. The molecule has 1 fully saturated rings. The minimum atomic E-state index is -0.0994. The van der Waals surface area contributed by atoms with Gasteiger partial charge in [-0.3, -0.25) is 0 Å². The van der Waals surface area contributed by atoms with Gasteiger partial charge in [0.05, 0.1) is 6.26 Å². The molecule has 1 aromatic carbocycles. The Morgan fingerprint density at radius 3 is 3.06 bits per heavy atom. The highest BCUT2D eigenvalue weighted by molar-refractivity contribution is 5.81. The van der Waals surface area contributed by atoms with Crippen molar-refractivity contribution in [2.75, 3.05) is 13.1 Å². The molecular weight excluding hydrogens is 217 g/mol. The monoisotopic (exact) mass is 233 g/mol. The SMILES string of the molecule is CC1CNCCC1c1c(F)ccc2occc12. The molecule has 1 N–H and O–H groups in total. The Kier molecular flexibility index (Phi) is 2.63. The maximum absolute atomic E-state index is 14.1. The van der Waals surface area contributed by atoms with E-state index in [9.17, 15) is 4.39 Å². The summed E-state index contributed by atoms with van der Waals surface area (Å²) in [6.45, 7) is 4.09. The summed E-state index contributed by atoms with van der Waals surface area (Å²) in [5, 5.41) is 4.28. The van der Waals surface area contributed by atoms with Crippen LogP contribution in [-0.4, -0.2) is 13.1 Å². The summed E-state index contributed by atoms with van der Waals surface area (Å²) in [6.07, 6.45) is 2.63. The first-order chi connectivity index (χ1) is 8.27. The fraction of sp³-hybridized carbons (Fsp3) is 0.429. The largest absolute Gasteiger partial charge is 0.464 e. The van der Waals surface area contributed by atoms with Crippen LogP contribution in [0.4, 0.5) is 4.39 Å². The molecule has 3 rings (SSSR count). The molecule has 1 aliphatic rings. The summed E-state index contributed by atoms with van der Waals surface area (Å²) < 4.78 is 19.5. The Morgan fingerprint density at radius 2 is 2.24 bits per heavy atom. The third-order valence-corrected chi connectivity index (χ3v) is 3.78. The van der Waals surface area contributed by atoms with Gasteiger partial charge in [0.2, 0.25) is 0 Å². The van der Waals surface area contributed by atoms with E-state index in [4.69, 9.17) is 4.42 Å². The van der Waals surface area contributed by atoms with Crippen LogP contribution in [0.3, 0.4) is 0 Å². The minimum Gasteiger partial charge on any atom is -0.464 e. The van der Waals surface area contributed by atoms with Crippen molar-refractivity contribution in [3.05, 3.63) is 35.8 Å². The van der Waals surface area contributed by atoms with Crippen LogP contribution in [0.1, 0.15) is 24.8 Å². The van der Waals surface area contributed by atoms with Crippen LogP contribution in [0.2, 0.25) is 0 Å². The van der Waals surface area contributed by atoms with E-state index in [1.54, 1.807) is 12.3 Å². The Labute approximate surface area is 99.8 Å². The van der Waals surface area contributed by atoms with E-state index in [2.05, 4.69) is 12.2 Å². The van der Waals surface area contributed by atoms with Crippen LogP contribution in [0, 0.1) is 11.7 Å². The Balaban J connectivity index is 2.14. The molecule has 0 bridgehead atoms. The average Bonchev–Trinajstić information content (AvgIpc) is 2.79. The van der Waals surface area contributed by atoms with Crippen molar-refractivity contribution in [2.24, 2.45) is 5.92 Å². The maximum atomic E-state index is 14.1. The van der Waals surface area contributed by atoms with Gasteiger partial charge in [0.1, 0.15) is 11.4 Å². The number of nitrogens with one attached hydrogen (secondary N) is 1. The quantitative estimate of drug-likeness (QED) is 0.817. The lowest BCUT2D eigenvalue weighted by Gasteiger charge is -2.30. The first kappa shape index (κ1) is 10.8. The number of halogens is 1. The molecular formula is C14H16FNO. The van der Waals surface area contributed by atoms with Gasteiger partial charge in [-0.25, -0.2) is 4.39 Å². The third-order valence-electron chi connectivity index (χ3n) is 3.78. The summed E-state index contributed by atoms with van der Waals surface area (Å²) in [5.41, 5.74) is 1.62. The van der Waals surface area contributed by atoms with Crippen LogP contribution < -0.4 is 5.32 Å². The molecule has 0 amide bonds. The normalized spacial score (nSPS) is 25.3. The molecule has 2 heterocycles. The highest BCUT2D eigenvalue weighted by atomic mass is 19.1. The van der Waals surface area contributed by atoms with E-state index in [1.165, 1.54) is 6.07 Å². The lowest BCUT2D eigenvalue weighted by atomic mass is 9.81. The number of piperidine rings is 1. The minimum absolute atomic E-state index is 0.0994. The zero-order valence-corrected chi connectivity index (χ0v) is 9.87. The lowest BCUT2D eigenvalue weighted by Crippen LogP contribution is -2.34. The van der Waals surface area contributed by atoms with Crippen molar-refractivity contribution in [3.8, 4) is 0 Å². The summed E-state index contributed by atoms with van der Waals surface area (Å²) in [7, 11) is 0. The van der Waals surface area contributed by atoms with Gasteiger partial charge in [0.25, 0.3) is 0 Å². The fourth-order valence-corrected chi connectivity index (χ4v) is 2.86. The summed E-state index contributed by atoms with van der Waals surface area (Å²) in [5.74, 6) is 0.647. The second-order valence-corrected chi connectivity index (χ2v) is 4.87. The van der Waals surface area contributed by atoms with Gasteiger partial charge >= 0.3 is 0 Å². The molecule has 2 nitrogen and oxygen atoms in total. The Bertz CT molecular complexity index is 534. The molecule has 1 saturated heterocycles. The van der Waals surface area contributed by atoms with Crippen molar-refractivity contribution in [2.45, 2.75) is 19.3 Å². The van der Waals surface area contributed by atoms with E-state index in [1.807, 2.05) is 6.07 Å².